The minimum atomic E-state index is -0.171. The van der Waals surface area contributed by atoms with E-state index in [0.29, 0.717) is 17.6 Å². The summed E-state index contributed by atoms with van der Waals surface area (Å²) in [5, 5.41) is 16.6. The SMILES string of the molecule is CC(=O)Nc1cccc(-n2c(S[C@@H](C)c3nc(C(C)(C)C)no3)nnc2C2CC2)c1. The molecule has 4 rings (SSSR count). The standard InChI is InChI=1S/C21H26N6O2S/c1-12(18-23-19(26-29-18)21(3,4)5)30-20-25-24-17(14-9-10-14)27(20)16-8-6-7-15(11-16)22-13(2)28/h6-8,11-12,14H,9-10H2,1-5H3,(H,22,28)/t12-/m0/s1. The van der Waals surface area contributed by atoms with Crippen LogP contribution in [0.5, 0.6) is 0 Å². The summed E-state index contributed by atoms with van der Waals surface area (Å²) < 4.78 is 7.59. The Morgan fingerprint density at radius 1 is 1.30 bits per heavy atom. The minimum Gasteiger partial charge on any atom is -0.338 e. The van der Waals surface area contributed by atoms with E-state index in [2.05, 4.69) is 51.0 Å². The van der Waals surface area contributed by atoms with Crippen LogP contribution in [0.2, 0.25) is 0 Å². The maximum Gasteiger partial charge on any atom is 0.239 e. The molecular formula is C21H26N6O2S. The van der Waals surface area contributed by atoms with Crippen LogP contribution in [0.15, 0.2) is 33.9 Å². The van der Waals surface area contributed by atoms with Crippen molar-refractivity contribution in [2.24, 2.45) is 0 Å². The highest BCUT2D eigenvalue weighted by Crippen LogP contribution is 2.43. The summed E-state index contributed by atoms with van der Waals surface area (Å²) in [4.78, 5) is 16.0. The van der Waals surface area contributed by atoms with Gasteiger partial charge in [-0.05, 0) is 38.0 Å². The Bertz CT molecular complexity index is 1060. The molecule has 2 heterocycles. The van der Waals surface area contributed by atoms with Gasteiger partial charge in [0.2, 0.25) is 11.8 Å². The first kappa shape index (κ1) is 20.6. The van der Waals surface area contributed by atoms with Crippen LogP contribution in [0.4, 0.5) is 5.69 Å². The van der Waals surface area contributed by atoms with Gasteiger partial charge in [0.1, 0.15) is 5.82 Å². The molecule has 1 saturated carbocycles. The average Bonchev–Trinajstić information content (AvgIpc) is 3.22. The summed E-state index contributed by atoms with van der Waals surface area (Å²) in [6.45, 7) is 9.69. The number of benzene rings is 1. The number of amides is 1. The van der Waals surface area contributed by atoms with Crippen LogP contribution in [0.25, 0.3) is 5.69 Å². The highest BCUT2D eigenvalue weighted by Gasteiger charge is 2.32. The second kappa shape index (κ2) is 7.86. The lowest BCUT2D eigenvalue weighted by molar-refractivity contribution is -0.114. The maximum absolute atomic E-state index is 11.5. The fourth-order valence-electron chi connectivity index (χ4n) is 3.05. The largest absolute Gasteiger partial charge is 0.338 e. The quantitative estimate of drug-likeness (QED) is 0.573. The molecule has 1 fully saturated rings. The Morgan fingerprint density at radius 2 is 2.07 bits per heavy atom. The Labute approximate surface area is 179 Å². The molecule has 1 atom stereocenters. The van der Waals surface area contributed by atoms with Crippen molar-refractivity contribution in [1.29, 1.82) is 0 Å². The zero-order valence-electron chi connectivity index (χ0n) is 17.8. The van der Waals surface area contributed by atoms with Gasteiger partial charge in [0, 0.05) is 23.9 Å². The molecule has 0 bridgehead atoms. The molecule has 0 unspecified atom stereocenters. The van der Waals surface area contributed by atoms with Crippen LogP contribution in [-0.4, -0.2) is 30.8 Å². The van der Waals surface area contributed by atoms with Crippen molar-refractivity contribution in [3.05, 3.63) is 41.8 Å². The first-order valence-electron chi connectivity index (χ1n) is 10.1. The summed E-state index contributed by atoms with van der Waals surface area (Å²) in [6, 6.07) is 7.73. The molecule has 0 saturated heterocycles. The summed E-state index contributed by atoms with van der Waals surface area (Å²) >= 11 is 1.53. The lowest BCUT2D eigenvalue weighted by Gasteiger charge is -2.13. The highest BCUT2D eigenvalue weighted by atomic mass is 32.2. The number of rotatable bonds is 6. The molecule has 1 aromatic carbocycles. The van der Waals surface area contributed by atoms with Crippen molar-refractivity contribution in [3.63, 3.8) is 0 Å². The third-order valence-electron chi connectivity index (χ3n) is 4.77. The fourth-order valence-corrected chi connectivity index (χ4v) is 3.95. The molecule has 0 spiro atoms. The van der Waals surface area contributed by atoms with Gasteiger partial charge in [-0.2, -0.15) is 4.98 Å². The zero-order valence-corrected chi connectivity index (χ0v) is 18.7. The van der Waals surface area contributed by atoms with Crippen molar-refractivity contribution in [3.8, 4) is 5.69 Å². The number of anilines is 1. The van der Waals surface area contributed by atoms with E-state index in [0.717, 1.165) is 35.2 Å². The molecule has 1 amide bonds. The van der Waals surface area contributed by atoms with Gasteiger partial charge < -0.3 is 9.84 Å². The van der Waals surface area contributed by atoms with Crippen LogP contribution < -0.4 is 5.32 Å². The smallest absolute Gasteiger partial charge is 0.239 e. The topological polar surface area (TPSA) is 98.7 Å². The lowest BCUT2D eigenvalue weighted by atomic mass is 9.96. The molecule has 2 aromatic heterocycles. The molecular weight excluding hydrogens is 400 g/mol. The van der Waals surface area contributed by atoms with Crippen molar-refractivity contribution in [2.75, 3.05) is 5.32 Å². The van der Waals surface area contributed by atoms with Gasteiger partial charge in [0.15, 0.2) is 11.0 Å². The van der Waals surface area contributed by atoms with Gasteiger partial charge in [0.05, 0.1) is 10.9 Å². The van der Waals surface area contributed by atoms with Crippen molar-refractivity contribution in [1.82, 2.24) is 24.9 Å². The number of hydrogen-bond donors (Lipinski definition) is 1. The van der Waals surface area contributed by atoms with Gasteiger partial charge in [-0.1, -0.05) is 43.8 Å². The van der Waals surface area contributed by atoms with Gasteiger partial charge >= 0.3 is 0 Å². The van der Waals surface area contributed by atoms with Gasteiger partial charge in [-0.3, -0.25) is 9.36 Å². The maximum atomic E-state index is 11.5. The number of hydrogen-bond acceptors (Lipinski definition) is 7. The predicted octanol–water partition coefficient (Wildman–Crippen LogP) is 4.64. The number of carbonyl (C=O) groups is 1. The average molecular weight is 427 g/mol. The Morgan fingerprint density at radius 3 is 2.70 bits per heavy atom. The summed E-state index contributed by atoms with van der Waals surface area (Å²) in [5.74, 6) is 2.52. The van der Waals surface area contributed by atoms with Crippen LogP contribution in [0.3, 0.4) is 0 Å². The molecule has 1 N–H and O–H groups in total. The van der Waals surface area contributed by atoms with Gasteiger partial charge in [0.25, 0.3) is 0 Å². The van der Waals surface area contributed by atoms with E-state index in [4.69, 9.17) is 4.52 Å². The van der Waals surface area contributed by atoms with E-state index < -0.39 is 0 Å². The minimum absolute atomic E-state index is 0.0814. The van der Waals surface area contributed by atoms with Crippen molar-refractivity contribution in [2.45, 2.75) is 69.2 Å². The van der Waals surface area contributed by atoms with Gasteiger partial charge in [-0.25, -0.2) is 0 Å². The summed E-state index contributed by atoms with van der Waals surface area (Å²) in [6.07, 6.45) is 2.23. The third-order valence-corrected chi connectivity index (χ3v) is 5.80. The summed E-state index contributed by atoms with van der Waals surface area (Å²) in [7, 11) is 0. The molecule has 1 aliphatic rings. The molecule has 1 aliphatic carbocycles. The molecule has 0 aliphatic heterocycles. The van der Waals surface area contributed by atoms with E-state index in [1.165, 1.54) is 18.7 Å². The van der Waals surface area contributed by atoms with E-state index in [1.54, 1.807) is 0 Å². The number of thioether (sulfide) groups is 1. The third kappa shape index (κ3) is 4.40. The van der Waals surface area contributed by atoms with Crippen molar-refractivity contribution >= 4 is 23.4 Å². The van der Waals surface area contributed by atoms with Crippen LogP contribution in [0.1, 0.15) is 76.2 Å². The molecule has 8 nitrogen and oxygen atoms in total. The Balaban J connectivity index is 1.65. The number of nitrogens with one attached hydrogen (secondary N) is 1. The summed E-state index contributed by atoms with van der Waals surface area (Å²) in [5.41, 5.74) is 1.49. The monoisotopic (exact) mass is 426 g/mol. The van der Waals surface area contributed by atoms with E-state index in [9.17, 15) is 4.79 Å². The normalized spacial score (nSPS) is 15.2. The van der Waals surface area contributed by atoms with Crippen LogP contribution in [0, 0.1) is 0 Å². The first-order chi connectivity index (χ1) is 14.2. The van der Waals surface area contributed by atoms with Crippen LogP contribution in [-0.2, 0) is 10.2 Å². The highest BCUT2D eigenvalue weighted by molar-refractivity contribution is 7.99. The Hall–Kier alpha value is -2.68. The predicted molar refractivity (Wildman–Crippen MR) is 115 cm³/mol. The zero-order chi connectivity index (χ0) is 21.5. The molecule has 9 heteroatoms. The molecule has 3 aromatic rings. The molecule has 30 heavy (non-hydrogen) atoms. The first-order valence-corrected chi connectivity index (χ1v) is 10.9. The van der Waals surface area contributed by atoms with E-state index >= 15 is 0 Å². The van der Waals surface area contributed by atoms with E-state index in [-0.39, 0.29) is 16.6 Å². The van der Waals surface area contributed by atoms with E-state index in [1.807, 2.05) is 31.2 Å². The Kier molecular flexibility index (Phi) is 5.40. The number of carbonyl (C=O) groups excluding carboxylic acids is 1. The fraction of sp³-hybridized carbons (Fsp3) is 0.476. The second-order valence-corrected chi connectivity index (χ2v) is 9.96. The van der Waals surface area contributed by atoms with Crippen LogP contribution >= 0.6 is 11.8 Å². The van der Waals surface area contributed by atoms with Gasteiger partial charge in [-0.15, -0.1) is 10.2 Å². The lowest BCUT2D eigenvalue weighted by Crippen LogP contribution is -2.13. The van der Waals surface area contributed by atoms with Crippen molar-refractivity contribution < 1.29 is 9.32 Å². The number of aromatic nitrogens is 5. The molecule has 0 radical (unpaired) electrons. The number of nitrogens with zero attached hydrogens (tertiary/aromatic N) is 5. The second-order valence-electron chi connectivity index (χ2n) is 8.65. The molecule has 158 valence electrons.